The van der Waals surface area contributed by atoms with E-state index in [1.807, 2.05) is 48.3 Å². The van der Waals surface area contributed by atoms with Crippen molar-refractivity contribution in [3.63, 3.8) is 0 Å². The van der Waals surface area contributed by atoms with E-state index in [9.17, 15) is 19.8 Å². The Morgan fingerprint density at radius 2 is 1.66 bits per heavy atom. The van der Waals surface area contributed by atoms with Crippen LogP contribution in [0.5, 0.6) is 0 Å². The van der Waals surface area contributed by atoms with Crippen LogP contribution < -0.4 is 5.56 Å². The van der Waals surface area contributed by atoms with Crippen LogP contribution in [0.3, 0.4) is 0 Å². The van der Waals surface area contributed by atoms with Gasteiger partial charge >= 0.3 is 0 Å². The monoisotopic (exact) mass is 559 g/mol. The van der Waals surface area contributed by atoms with Gasteiger partial charge in [0.2, 0.25) is 5.91 Å². The third-order valence-corrected chi connectivity index (χ3v) is 9.36. The van der Waals surface area contributed by atoms with Gasteiger partial charge in [-0.1, -0.05) is 67.8 Å². The number of piperidine rings is 1. The lowest BCUT2D eigenvalue weighted by Gasteiger charge is -2.39. The van der Waals surface area contributed by atoms with E-state index >= 15 is 0 Å². The Bertz CT molecular complexity index is 1340. The summed E-state index contributed by atoms with van der Waals surface area (Å²) in [6.45, 7) is 2.87. The second-order valence-electron chi connectivity index (χ2n) is 12.1. The summed E-state index contributed by atoms with van der Waals surface area (Å²) < 4.78 is 1.71. The predicted molar refractivity (Wildman–Crippen MR) is 163 cm³/mol. The Balaban J connectivity index is 1.44. The Morgan fingerprint density at radius 3 is 2.37 bits per heavy atom. The number of fused-ring (bicyclic) bond motifs is 1. The first-order valence-corrected chi connectivity index (χ1v) is 15.4. The van der Waals surface area contributed by atoms with Crippen LogP contribution in [0, 0.1) is 11.8 Å². The molecule has 2 aromatic carbocycles. The fraction of sp³-hybridized carbons (Fsp3) is 0.529. The molecule has 1 aliphatic carbocycles. The summed E-state index contributed by atoms with van der Waals surface area (Å²) in [4.78, 5) is 31.9. The number of aromatic nitrogens is 1. The maximum absolute atomic E-state index is 14.2. The molecule has 1 aliphatic heterocycles. The Hall–Kier alpha value is -3.00. The molecule has 2 unspecified atom stereocenters. The minimum Gasteiger partial charge on any atom is -0.394 e. The van der Waals surface area contributed by atoms with E-state index in [-0.39, 0.29) is 29.9 Å². The smallest absolute Gasteiger partial charge is 0.255 e. The average Bonchev–Trinajstić information content (AvgIpc) is 3.02. The number of para-hydroxylation sites is 1. The molecular formula is C34H45N3O4. The first-order valence-electron chi connectivity index (χ1n) is 15.4. The molecule has 0 radical (unpaired) electrons. The molecule has 0 bridgehead atoms. The Kier molecular flexibility index (Phi) is 9.91. The second-order valence-corrected chi connectivity index (χ2v) is 12.1. The van der Waals surface area contributed by atoms with Gasteiger partial charge in [0.05, 0.1) is 24.8 Å². The molecule has 5 rings (SSSR count). The molecule has 3 aromatic rings. The number of hydrogen-bond donors (Lipinski definition) is 2. The van der Waals surface area contributed by atoms with Crippen LogP contribution in [-0.2, 0) is 18.4 Å². The summed E-state index contributed by atoms with van der Waals surface area (Å²) in [5.41, 5.74) is 2.74. The van der Waals surface area contributed by atoms with Crippen molar-refractivity contribution in [2.75, 3.05) is 32.8 Å². The van der Waals surface area contributed by atoms with E-state index in [0.717, 1.165) is 62.5 Å². The highest BCUT2D eigenvalue weighted by Gasteiger charge is 2.33. The van der Waals surface area contributed by atoms with Crippen molar-refractivity contribution in [2.45, 2.75) is 63.5 Å². The molecule has 2 aliphatic rings. The molecule has 2 N–H and O–H groups in total. The molecule has 1 saturated carbocycles. The van der Waals surface area contributed by atoms with Crippen molar-refractivity contribution in [1.29, 1.82) is 0 Å². The van der Waals surface area contributed by atoms with E-state index < -0.39 is 6.10 Å². The summed E-state index contributed by atoms with van der Waals surface area (Å²) >= 11 is 0. The van der Waals surface area contributed by atoms with E-state index in [1.54, 1.807) is 4.57 Å². The Labute approximate surface area is 243 Å². The van der Waals surface area contributed by atoms with Crippen LogP contribution in [-0.4, -0.2) is 69.4 Å². The number of carbonyl (C=O) groups is 1. The topological polar surface area (TPSA) is 86.0 Å². The highest BCUT2D eigenvalue weighted by Crippen LogP contribution is 2.35. The zero-order valence-corrected chi connectivity index (χ0v) is 24.3. The third kappa shape index (κ3) is 7.08. The lowest BCUT2D eigenvalue weighted by Crippen LogP contribution is -2.44. The lowest BCUT2D eigenvalue weighted by atomic mass is 9.79. The fourth-order valence-electron chi connectivity index (χ4n) is 7.01. The van der Waals surface area contributed by atoms with Crippen molar-refractivity contribution in [3.05, 3.63) is 82.1 Å². The Morgan fingerprint density at radius 1 is 0.976 bits per heavy atom. The summed E-state index contributed by atoms with van der Waals surface area (Å²) in [5, 5.41) is 20.2. The summed E-state index contributed by atoms with van der Waals surface area (Å²) in [6.07, 6.45) is 6.40. The van der Waals surface area contributed by atoms with Gasteiger partial charge in [-0.25, -0.2) is 0 Å². The van der Waals surface area contributed by atoms with Crippen molar-refractivity contribution < 1.29 is 15.0 Å². The van der Waals surface area contributed by atoms with Crippen LogP contribution in [0.15, 0.2) is 65.5 Å². The van der Waals surface area contributed by atoms with Gasteiger partial charge in [-0.05, 0) is 67.8 Å². The summed E-state index contributed by atoms with van der Waals surface area (Å²) in [7, 11) is 1.82. The summed E-state index contributed by atoms with van der Waals surface area (Å²) in [5.74, 6) is 0.731. The number of aliphatic hydroxyl groups excluding tert-OH is 2. The third-order valence-electron chi connectivity index (χ3n) is 9.36. The molecule has 7 heteroatoms. The molecule has 1 saturated heterocycles. The number of likely N-dealkylation sites (tertiary alicyclic amines) is 1. The van der Waals surface area contributed by atoms with Gasteiger partial charge in [0.15, 0.2) is 0 Å². The van der Waals surface area contributed by atoms with Gasteiger partial charge < -0.3 is 24.6 Å². The maximum Gasteiger partial charge on any atom is 0.255 e. The fourth-order valence-corrected chi connectivity index (χ4v) is 7.01. The number of amides is 1. The van der Waals surface area contributed by atoms with Gasteiger partial charge in [0, 0.05) is 37.5 Å². The van der Waals surface area contributed by atoms with Gasteiger partial charge in [-0.15, -0.1) is 0 Å². The number of aliphatic hydroxyl groups is 2. The number of rotatable bonds is 10. The highest BCUT2D eigenvalue weighted by atomic mass is 16.3. The van der Waals surface area contributed by atoms with Gasteiger partial charge in [0.25, 0.3) is 5.56 Å². The van der Waals surface area contributed by atoms with E-state index in [4.69, 9.17) is 0 Å². The zero-order chi connectivity index (χ0) is 28.8. The maximum atomic E-state index is 14.2. The lowest BCUT2D eigenvalue weighted by molar-refractivity contribution is -0.137. The standard InChI is InChI=1S/C34H45N3O4/c1-35-32-15-9-8-14-28(32)20-29(33(35)40)21-37(34(41)27-12-6-3-7-13-27)23-31(25-10-4-2-5-11-25)26-16-18-36(19-17-26)22-30(39)24-38/h2,4-5,8-11,14-15,20,26-27,30-31,38-39H,3,6-7,12-13,16-19,21-24H2,1H3. The summed E-state index contributed by atoms with van der Waals surface area (Å²) in [6, 6.07) is 20.4. The number of nitrogens with zero attached hydrogens (tertiary/aromatic N) is 3. The molecule has 220 valence electrons. The normalized spacial score (nSPS) is 18.8. The predicted octanol–water partition coefficient (Wildman–Crippen LogP) is 4.30. The number of benzene rings is 2. The molecule has 1 amide bonds. The molecule has 41 heavy (non-hydrogen) atoms. The number of β-amino-alcohol motifs (C(OH)–C–C–N with tert-alkyl or cyclic N) is 1. The average molecular weight is 560 g/mol. The number of hydrogen-bond acceptors (Lipinski definition) is 5. The zero-order valence-electron chi connectivity index (χ0n) is 24.3. The molecule has 1 aromatic heterocycles. The van der Waals surface area contributed by atoms with Crippen molar-refractivity contribution >= 4 is 16.8 Å². The van der Waals surface area contributed by atoms with Gasteiger partial charge in [0.1, 0.15) is 0 Å². The number of aryl methyl sites for hydroxylation is 1. The van der Waals surface area contributed by atoms with E-state index in [2.05, 4.69) is 29.2 Å². The quantitative estimate of drug-likeness (QED) is 0.387. The van der Waals surface area contributed by atoms with Crippen LogP contribution >= 0.6 is 0 Å². The van der Waals surface area contributed by atoms with Crippen molar-refractivity contribution in [3.8, 4) is 0 Å². The second kappa shape index (κ2) is 13.8. The molecule has 0 spiro atoms. The molecule has 2 atom stereocenters. The molecule has 7 nitrogen and oxygen atoms in total. The highest BCUT2D eigenvalue weighted by molar-refractivity contribution is 5.81. The minimum atomic E-state index is -0.718. The molecular weight excluding hydrogens is 514 g/mol. The van der Waals surface area contributed by atoms with Gasteiger partial charge in [-0.3, -0.25) is 9.59 Å². The van der Waals surface area contributed by atoms with Crippen LogP contribution in [0.25, 0.3) is 10.9 Å². The van der Waals surface area contributed by atoms with Gasteiger partial charge in [-0.2, -0.15) is 0 Å². The largest absolute Gasteiger partial charge is 0.394 e. The SMILES string of the molecule is Cn1c(=O)c(CN(CC(c2ccccc2)C2CCN(CC(O)CO)CC2)C(=O)C2CCCCC2)cc2ccccc21. The number of carbonyl (C=O) groups excluding carboxylic acids is 1. The molecule has 2 fully saturated rings. The molecule has 2 heterocycles. The van der Waals surface area contributed by atoms with Crippen LogP contribution in [0.2, 0.25) is 0 Å². The minimum absolute atomic E-state index is 0.0197. The van der Waals surface area contributed by atoms with Crippen LogP contribution in [0.4, 0.5) is 0 Å². The number of pyridine rings is 1. The first kappa shape index (κ1) is 29.5. The van der Waals surface area contributed by atoms with Crippen molar-refractivity contribution in [1.82, 2.24) is 14.4 Å². The first-order chi connectivity index (χ1) is 19.9. The van der Waals surface area contributed by atoms with E-state index in [0.29, 0.717) is 31.1 Å². The van der Waals surface area contributed by atoms with E-state index in [1.165, 1.54) is 12.0 Å². The van der Waals surface area contributed by atoms with Crippen LogP contribution in [0.1, 0.15) is 62.0 Å². The van der Waals surface area contributed by atoms with Crippen molar-refractivity contribution in [2.24, 2.45) is 18.9 Å².